The Kier molecular flexibility index (Phi) is 6.63. The van der Waals surface area contributed by atoms with E-state index in [1.165, 1.54) is 4.90 Å². The van der Waals surface area contributed by atoms with Crippen molar-refractivity contribution in [3.8, 4) is 5.75 Å². The summed E-state index contributed by atoms with van der Waals surface area (Å²) in [4.78, 5) is 25.7. The summed E-state index contributed by atoms with van der Waals surface area (Å²) in [5.41, 5.74) is 2.15. The maximum Gasteiger partial charge on any atom is 0.260 e. The lowest BCUT2D eigenvalue weighted by Gasteiger charge is -2.17. The van der Waals surface area contributed by atoms with E-state index < -0.39 is 0 Å². The van der Waals surface area contributed by atoms with Crippen molar-refractivity contribution in [2.45, 2.75) is 13.3 Å². The first-order chi connectivity index (χ1) is 14.0. The van der Waals surface area contributed by atoms with Crippen LogP contribution in [0.3, 0.4) is 0 Å². The Morgan fingerprint density at radius 2 is 1.83 bits per heavy atom. The van der Waals surface area contributed by atoms with Crippen molar-refractivity contribution in [2.75, 3.05) is 25.5 Å². The third-order valence-electron chi connectivity index (χ3n) is 4.26. The first-order valence-corrected chi connectivity index (χ1v) is 9.23. The van der Waals surface area contributed by atoms with Crippen LogP contribution in [0, 0.1) is 6.92 Å². The van der Waals surface area contributed by atoms with Crippen LogP contribution in [0.1, 0.15) is 16.9 Å². The number of anilines is 1. The second kappa shape index (κ2) is 9.54. The number of carbonyl (C=O) groups excluding carboxylic acids is 2. The van der Waals surface area contributed by atoms with Crippen LogP contribution >= 0.6 is 0 Å². The molecule has 0 bridgehead atoms. The summed E-state index contributed by atoms with van der Waals surface area (Å²) in [6.45, 7) is 1.46. The van der Waals surface area contributed by atoms with Gasteiger partial charge in [-0.3, -0.25) is 9.59 Å². The quantitative estimate of drug-likeness (QED) is 0.636. The number of para-hydroxylation sites is 1. The van der Waals surface area contributed by atoms with Crippen LogP contribution in [0.4, 0.5) is 5.82 Å². The van der Waals surface area contributed by atoms with Gasteiger partial charge in [-0.25, -0.2) is 0 Å². The Morgan fingerprint density at radius 1 is 1.10 bits per heavy atom. The van der Waals surface area contributed by atoms with Gasteiger partial charge in [0.15, 0.2) is 12.4 Å². The van der Waals surface area contributed by atoms with Gasteiger partial charge in [-0.2, -0.15) is 0 Å². The summed E-state index contributed by atoms with van der Waals surface area (Å²) in [7, 11) is 1.55. The van der Waals surface area contributed by atoms with Crippen molar-refractivity contribution in [3.63, 3.8) is 0 Å². The van der Waals surface area contributed by atoms with Crippen LogP contribution in [0.15, 0.2) is 65.2 Å². The lowest BCUT2D eigenvalue weighted by atomic mass is 10.0. The fourth-order valence-electron chi connectivity index (χ4n) is 2.77. The molecule has 0 unspecified atom stereocenters. The van der Waals surface area contributed by atoms with Crippen LogP contribution in [0.2, 0.25) is 0 Å². The van der Waals surface area contributed by atoms with Gasteiger partial charge < -0.3 is 19.5 Å². The molecule has 0 fully saturated rings. The smallest absolute Gasteiger partial charge is 0.260 e. The van der Waals surface area contributed by atoms with E-state index >= 15 is 0 Å². The van der Waals surface area contributed by atoms with Gasteiger partial charge >= 0.3 is 0 Å². The van der Waals surface area contributed by atoms with Gasteiger partial charge in [0.05, 0.1) is 6.54 Å². The fourth-order valence-corrected chi connectivity index (χ4v) is 2.77. The average molecular weight is 393 g/mol. The van der Waals surface area contributed by atoms with Gasteiger partial charge in [0.2, 0.25) is 5.91 Å². The molecule has 3 aromatic rings. The second-order valence-electron chi connectivity index (χ2n) is 6.68. The molecular weight excluding hydrogens is 370 g/mol. The molecule has 0 aliphatic carbocycles. The zero-order valence-corrected chi connectivity index (χ0v) is 16.4. The van der Waals surface area contributed by atoms with Crippen molar-refractivity contribution in [1.29, 1.82) is 0 Å². The first kappa shape index (κ1) is 20.1. The number of rotatable bonds is 8. The zero-order valence-electron chi connectivity index (χ0n) is 16.4. The first-order valence-electron chi connectivity index (χ1n) is 9.23. The summed E-state index contributed by atoms with van der Waals surface area (Å²) in [6, 6.07) is 19.3. The van der Waals surface area contributed by atoms with Crippen molar-refractivity contribution in [2.24, 2.45) is 0 Å². The van der Waals surface area contributed by atoms with E-state index in [4.69, 9.17) is 9.26 Å². The minimum atomic E-state index is -0.362. The van der Waals surface area contributed by atoms with Crippen LogP contribution in [-0.4, -0.2) is 42.1 Å². The zero-order chi connectivity index (χ0) is 20.6. The molecule has 0 spiro atoms. The monoisotopic (exact) mass is 393 g/mol. The number of nitrogens with zero attached hydrogens (tertiary/aromatic N) is 2. The highest BCUT2D eigenvalue weighted by molar-refractivity contribution is 5.93. The molecule has 29 heavy (non-hydrogen) atoms. The third-order valence-corrected chi connectivity index (χ3v) is 4.26. The number of ether oxygens (including phenoxy) is 1. The number of aromatic nitrogens is 1. The molecule has 0 aliphatic rings. The number of hydrogen-bond donors (Lipinski definition) is 1. The molecular formula is C22H23N3O4. The van der Waals surface area contributed by atoms with Crippen molar-refractivity contribution in [1.82, 2.24) is 10.1 Å². The topological polar surface area (TPSA) is 84.7 Å². The lowest BCUT2D eigenvalue weighted by Crippen LogP contribution is -2.37. The van der Waals surface area contributed by atoms with Crippen LogP contribution in [0.5, 0.6) is 5.75 Å². The Balaban J connectivity index is 1.52. The number of amides is 2. The number of carbonyl (C=O) groups is 2. The molecule has 0 aliphatic heterocycles. The number of aryl methyl sites for hydroxylation is 1. The molecule has 1 aromatic heterocycles. The highest BCUT2D eigenvalue weighted by atomic mass is 16.5. The molecule has 2 amide bonds. The Morgan fingerprint density at radius 3 is 2.55 bits per heavy atom. The minimum absolute atomic E-state index is 0.111. The third kappa shape index (κ3) is 5.93. The van der Waals surface area contributed by atoms with E-state index in [0.717, 1.165) is 11.1 Å². The van der Waals surface area contributed by atoms with Crippen molar-refractivity contribution < 1.29 is 18.8 Å². The van der Waals surface area contributed by atoms with Gasteiger partial charge in [-0.1, -0.05) is 53.7 Å². The molecule has 7 nitrogen and oxygen atoms in total. The van der Waals surface area contributed by atoms with E-state index in [2.05, 4.69) is 10.5 Å². The fraction of sp³-hybridized carbons (Fsp3) is 0.227. The van der Waals surface area contributed by atoms with Gasteiger partial charge in [-0.15, -0.1) is 0 Å². The molecule has 1 heterocycles. The lowest BCUT2D eigenvalue weighted by molar-refractivity contribution is -0.135. The Bertz CT molecular complexity index is 969. The summed E-state index contributed by atoms with van der Waals surface area (Å²) in [5.74, 6) is 0.900. The summed E-state index contributed by atoms with van der Waals surface area (Å²) < 4.78 is 10.6. The number of likely N-dealkylation sites (N-methyl/N-ethyl adjacent to an activating group) is 1. The summed E-state index contributed by atoms with van der Waals surface area (Å²) in [6.07, 6.45) is 0.709. The molecule has 2 aromatic carbocycles. The molecule has 0 saturated carbocycles. The Labute approximate surface area is 169 Å². The molecule has 1 N–H and O–H groups in total. The number of benzene rings is 2. The molecule has 150 valence electrons. The highest BCUT2D eigenvalue weighted by Crippen LogP contribution is 2.21. The predicted octanol–water partition coefficient (Wildman–Crippen LogP) is 3.05. The van der Waals surface area contributed by atoms with Gasteiger partial charge in [0.1, 0.15) is 11.5 Å². The Hall–Kier alpha value is -3.61. The molecule has 0 radical (unpaired) electrons. The van der Waals surface area contributed by atoms with Crippen LogP contribution in [-0.2, 0) is 16.0 Å². The second-order valence-corrected chi connectivity index (χ2v) is 6.68. The van der Waals surface area contributed by atoms with E-state index in [1.807, 2.05) is 54.6 Å². The van der Waals surface area contributed by atoms with Crippen molar-refractivity contribution in [3.05, 3.63) is 77.6 Å². The number of hydrogen-bond acceptors (Lipinski definition) is 5. The average Bonchev–Trinajstić information content (AvgIpc) is 3.12. The highest BCUT2D eigenvalue weighted by Gasteiger charge is 2.15. The van der Waals surface area contributed by atoms with E-state index in [9.17, 15) is 9.59 Å². The number of nitrogens with one attached hydrogen (secondary N) is 1. The van der Waals surface area contributed by atoms with Gasteiger partial charge in [-0.05, 0) is 24.1 Å². The maximum atomic E-state index is 12.4. The van der Waals surface area contributed by atoms with Crippen LogP contribution < -0.4 is 10.1 Å². The molecule has 0 atom stereocenters. The largest absolute Gasteiger partial charge is 0.483 e. The molecule has 3 rings (SSSR count). The minimum Gasteiger partial charge on any atom is -0.483 e. The van der Waals surface area contributed by atoms with Gasteiger partial charge in [0.25, 0.3) is 5.91 Å². The maximum absolute atomic E-state index is 12.4. The standard InChI is InChI=1S/C22H23N3O4/c1-16-12-20(24-29-16)23-21(26)14-25(2)22(27)15-28-19-11-7-6-10-18(19)13-17-8-4-3-5-9-17/h3-12H,13-15H2,1-2H3,(H,23,24,26). The summed E-state index contributed by atoms with van der Waals surface area (Å²) >= 11 is 0. The summed E-state index contributed by atoms with van der Waals surface area (Å²) in [5, 5.41) is 6.27. The van der Waals surface area contributed by atoms with E-state index in [-0.39, 0.29) is 25.0 Å². The van der Waals surface area contributed by atoms with E-state index in [0.29, 0.717) is 23.7 Å². The normalized spacial score (nSPS) is 10.4. The SMILES string of the molecule is Cc1cc(NC(=O)CN(C)C(=O)COc2ccccc2Cc2ccccc2)no1. The van der Waals surface area contributed by atoms with Crippen molar-refractivity contribution >= 4 is 17.6 Å². The molecule has 7 heteroatoms. The predicted molar refractivity (Wildman–Crippen MR) is 109 cm³/mol. The van der Waals surface area contributed by atoms with Gasteiger partial charge in [0, 0.05) is 19.5 Å². The van der Waals surface area contributed by atoms with Crippen LogP contribution in [0.25, 0.3) is 0 Å². The van der Waals surface area contributed by atoms with E-state index in [1.54, 1.807) is 20.0 Å². The molecule has 0 saturated heterocycles.